The van der Waals surface area contributed by atoms with Crippen LogP contribution in [0, 0.1) is 0 Å². The largest absolute Gasteiger partial charge is 0.492 e. The number of benzene rings is 1. The summed E-state index contributed by atoms with van der Waals surface area (Å²) in [5.74, 6) is 0.725. The average molecular weight is 273 g/mol. The molecule has 5 heteroatoms. The fourth-order valence-electron chi connectivity index (χ4n) is 2.15. The van der Waals surface area contributed by atoms with Crippen LogP contribution >= 0.6 is 0 Å². The lowest BCUT2D eigenvalue weighted by Crippen LogP contribution is -2.19. The van der Waals surface area contributed by atoms with Crippen molar-refractivity contribution in [3.63, 3.8) is 0 Å². The Morgan fingerprint density at radius 2 is 2.00 bits per heavy atom. The first-order valence-electron chi connectivity index (χ1n) is 6.62. The van der Waals surface area contributed by atoms with Crippen LogP contribution in [0.15, 0.2) is 24.3 Å². The first-order valence-corrected chi connectivity index (χ1v) is 6.62. The minimum atomic E-state index is -0.251. The van der Waals surface area contributed by atoms with Gasteiger partial charge in [0.2, 0.25) is 0 Å². The van der Waals surface area contributed by atoms with E-state index >= 15 is 0 Å². The van der Waals surface area contributed by atoms with Crippen molar-refractivity contribution in [1.82, 2.24) is 15.0 Å². The molecular weight excluding hydrogens is 254 g/mol. The van der Waals surface area contributed by atoms with Crippen molar-refractivity contribution in [3.05, 3.63) is 35.7 Å². The molecule has 0 aliphatic carbocycles. The lowest BCUT2D eigenvalue weighted by atomic mass is 9.90. The maximum atomic E-state index is 11.2. The monoisotopic (exact) mass is 273 g/mol. The summed E-state index contributed by atoms with van der Waals surface area (Å²) in [6, 6.07) is 7.60. The van der Waals surface area contributed by atoms with E-state index in [4.69, 9.17) is 4.74 Å². The van der Waals surface area contributed by atoms with Crippen molar-refractivity contribution in [3.8, 4) is 11.4 Å². The fourth-order valence-corrected chi connectivity index (χ4v) is 2.15. The summed E-state index contributed by atoms with van der Waals surface area (Å²) in [7, 11) is 0. The van der Waals surface area contributed by atoms with Crippen molar-refractivity contribution in [2.24, 2.45) is 0 Å². The van der Waals surface area contributed by atoms with Crippen molar-refractivity contribution < 1.29 is 9.53 Å². The standard InChI is InChI=1S/C15H19N3O2/c1-5-20-13-9-7-6-8-12(13)18-14(15(2,3)4)11(10-19)16-17-18/h6-10H,5H2,1-4H3. The molecule has 20 heavy (non-hydrogen) atoms. The Morgan fingerprint density at radius 3 is 2.60 bits per heavy atom. The van der Waals surface area contributed by atoms with Crippen LogP contribution in [0.25, 0.3) is 5.69 Å². The van der Waals surface area contributed by atoms with Gasteiger partial charge in [0.25, 0.3) is 0 Å². The number of hydrogen-bond acceptors (Lipinski definition) is 4. The van der Waals surface area contributed by atoms with Gasteiger partial charge in [-0.3, -0.25) is 4.79 Å². The fraction of sp³-hybridized carbons (Fsp3) is 0.400. The summed E-state index contributed by atoms with van der Waals surface area (Å²) in [4.78, 5) is 11.2. The molecule has 0 atom stereocenters. The van der Waals surface area contributed by atoms with E-state index in [1.807, 2.05) is 52.0 Å². The number of para-hydroxylation sites is 2. The Bertz CT molecular complexity index is 612. The molecule has 0 aliphatic rings. The number of ether oxygens (including phenoxy) is 1. The van der Waals surface area contributed by atoms with Gasteiger partial charge in [0, 0.05) is 5.41 Å². The molecule has 0 saturated carbocycles. The highest BCUT2D eigenvalue weighted by molar-refractivity contribution is 5.74. The Hall–Kier alpha value is -2.17. The third kappa shape index (κ3) is 2.57. The molecule has 1 aromatic carbocycles. The van der Waals surface area contributed by atoms with Crippen molar-refractivity contribution in [2.75, 3.05) is 6.61 Å². The number of carbonyl (C=O) groups excluding carboxylic acids is 1. The first kappa shape index (κ1) is 14.2. The zero-order chi connectivity index (χ0) is 14.8. The van der Waals surface area contributed by atoms with E-state index in [1.165, 1.54) is 0 Å². The van der Waals surface area contributed by atoms with Crippen LogP contribution in [-0.4, -0.2) is 27.9 Å². The maximum Gasteiger partial charge on any atom is 0.172 e. The normalized spacial score (nSPS) is 11.4. The van der Waals surface area contributed by atoms with Crippen LogP contribution in [0.2, 0.25) is 0 Å². The Balaban J connectivity index is 2.65. The van der Waals surface area contributed by atoms with Gasteiger partial charge in [0.05, 0.1) is 12.3 Å². The first-order chi connectivity index (χ1) is 9.49. The molecule has 106 valence electrons. The van der Waals surface area contributed by atoms with E-state index in [9.17, 15) is 4.79 Å². The van der Waals surface area contributed by atoms with Gasteiger partial charge in [0.15, 0.2) is 6.29 Å². The zero-order valence-corrected chi connectivity index (χ0v) is 12.3. The number of nitrogens with zero attached hydrogens (tertiary/aromatic N) is 3. The summed E-state index contributed by atoms with van der Waals surface area (Å²) >= 11 is 0. The molecule has 0 radical (unpaired) electrons. The molecule has 2 rings (SSSR count). The predicted octanol–water partition coefficient (Wildman–Crippen LogP) is 2.78. The minimum Gasteiger partial charge on any atom is -0.492 e. The molecule has 5 nitrogen and oxygen atoms in total. The van der Waals surface area contributed by atoms with Crippen molar-refractivity contribution in [2.45, 2.75) is 33.1 Å². The number of hydrogen-bond donors (Lipinski definition) is 0. The Kier molecular flexibility index (Phi) is 3.88. The summed E-state index contributed by atoms with van der Waals surface area (Å²) < 4.78 is 7.31. The lowest BCUT2D eigenvalue weighted by molar-refractivity contribution is 0.111. The van der Waals surface area contributed by atoms with E-state index in [0.29, 0.717) is 12.3 Å². The molecule has 1 heterocycles. The van der Waals surface area contributed by atoms with Gasteiger partial charge in [-0.15, -0.1) is 5.10 Å². The van der Waals surface area contributed by atoms with Gasteiger partial charge in [-0.25, -0.2) is 4.68 Å². The lowest BCUT2D eigenvalue weighted by Gasteiger charge is -2.21. The second-order valence-electron chi connectivity index (χ2n) is 5.50. The topological polar surface area (TPSA) is 57.0 Å². The molecule has 0 spiro atoms. The van der Waals surface area contributed by atoms with Gasteiger partial charge >= 0.3 is 0 Å². The summed E-state index contributed by atoms with van der Waals surface area (Å²) in [5, 5.41) is 8.09. The summed E-state index contributed by atoms with van der Waals surface area (Å²) in [5.41, 5.74) is 1.68. The maximum absolute atomic E-state index is 11.2. The zero-order valence-electron chi connectivity index (χ0n) is 12.3. The second kappa shape index (κ2) is 5.45. The van der Waals surface area contributed by atoms with E-state index in [0.717, 1.165) is 23.4 Å². The van der Waals surface area contributed by atoms with Crippen LogP contribution in [0.3, 0.4) is 0 Å². The second-order valence-corrected chi connectivity index (χ2v) is 5.50. The molecule has 0 fully saturated rings. The molecule has 0 bridgehead atoms. The highest BCUT2D eigenvalue weighted by Crippen LogP contribution is 2.30. The van der Waals surface area contributed by atoms with Crippen LogP contribution in [-0.2, 0) is 5.41 Å². The van der Waals surface area contributed by atoms with Crippen LogP contribution in [0.5, 0.6) is 5.75 Å². The average Bonchev–Trinajstić information content (AvgIpc) is 2.83. The Labute approximate surface area is 118 Å². The quantitative estimate of drug-likeness (QED) is 0.804. The van der Waals surface area contributed by atoms with Crippen LogP contribution < -0.4 is 4.74 Å². The number of carbonyl (C=O) groups is 1. The van der Waals surface area contributed by atoms with Gasteiger partial charge in [-0.05, 0) is 19.1 Å². The van der Waals surface area contributed by atoms with Gasteiger partial charge < -0.3 is 4.74 Å². The van der Waals surface area contributed by atoms with Crippen LogP contribution in [0.4, 0.5) is 0 Å². The highest BCUT2D eigenvalue weighted by Gasteiger charge is 2.26. The van der Waals surface area contributed by atoms with Crippen molar-refractivity contribution in [1.29, 1.82) is 0 Å². The summed E-state index contributed by atoms with van der Waals surface area (Å²) in [6.07, 6.45) is 0.743. The number of rotatable bonds is 4. The molecule has 0 saturated heterocycles. The molecule has 2 aromatic rings. The Morgan fingerprint density at radius 1 is 1.30 bits per heavy atom. The predicted molar refractivity (Wildman–Crippen MR) is 76.6 cm³/mol. The molecule has 1 aromatic heterocycles. The summed E-state index contributed by atoms with van der Waals surface area (Å²) in [6.45, 7) is 8.58. The van der Waals surface area contributed by atoms with E-state index in [1.54, 1.807) is 4.68 Å². The van der Waals surface area contributed by atoms with E-state index in [-0.39, 0.29) is 5.41 Å². The van der Waals surface area contributed by atoms with Crippen molar-refractivity contribution >= 4 is 6.29 Å². The molecule has 0 unspecified atom stereocenters. The van der Waals surface area contributed by atoms with E-state index in [2.05, 4.69) is 10.3 Å². The highest BCUT2D eigenvalue weighted by atomic mass is 16.5. The molecule has 0 N–H and O–H groups in total. The van der Waals surface area contributed by atoms with Gasteiger partial charge in [-0.1, -0.05) is 38.1 Å². The molecular formula is C15H19N3O2. The smallest absolute Gasteiger partial charge is 0.172 e. The molecule has 0 amide bonds. The number of aldehydes is 1. The van der Waals surface area contributed by atoms with Crippen LogP contribution in [0.1, 0.15) is 43.9 Å². The van der Waals surface area contributed by atoms with Gasteiger partial charge in [-0.2, -0.15) is 0 Å². The van der Waals surface area contributed by atoms with Gasteiger partial charge in [0.1, 0.15) is 17.1 Å². The minimum absolute atomic E-state index is 0.251. The third-order valence-corrected chi connectivity index (χ3v) is 2.91. The third-order valence-electron chi connectivity index (χ3n) is 2.91. The number of aromatic nitrogens is 3. The SMILES string of the molecule is CCOc1ccccc1-n1nnc(C=O)c1C(C)(C)C. The molecule has 0 aliphatic heterocycles. The van der Waals surface area contributed by atoms with E-state index < -0.39 is 0 Å².